The van der Waals surface area contributed by atoms with Crippen molar-refractivity contribution in [3.8, 4) is 0 Å². The number of rotatable bonds is 19. The van der Waals surface area contributed by atoms with Gasteiger partial charge in [-0.1, -0.05) is 83.7 Å². The van der Waals surface area contributed by atoms with E-state index in [0.29, 0.717) is 38.6 Å². The van der Waals surface area contributed by atoms with Gasteiger partial charge in [-0.2, -0.15) is 0 Å². The second-order valence-corrected chi connectivity index (χ2v) is 9.32. The summed E-state index contributed by atoms with van der Waals surface area (Å²) in [5.74, 6) is -0.0817. The van der Waals surface area contributed by atoms with Gasteiger partial charge in [-0.15, -0.1) is 0 Å². The molecule has 200 valence electrons. The molecule has 0 bridgehead atoms. The second-order valence-electron chi connectivity index (χ2n) is 9.32. The van der Waals surface area contributed by atoms with Crippen molar-refractivity contribution in [3.05, 3.63) is 35.9 Å². The number of hydrogen-bond donors (Lipinski definition) is 0. The van der Waals surface area contributed by atoms with Gasteiger partial charge in [0.15, 0.2) is 5.78 Å². The fourth-order valence-electron chi connectivity index (χ4n) is 4.14. The Morgan fingerprint density at radius 3 is 1.80 bits per heavy atom. The molecule has 0 saturated carbocycles. The van der Waals surface area contributed by atoms with Gasteiger partial charge in [0.2, 0.25) is 0 Å². The molecule has 1 fully saturated rings. The summed E-state index contributed by atoms with van der Waals surface area (Å²) in [5, 5.41) is 0. The van der Waals surface area contributed by atoms with Crippen molar-refractivity contribution < 1.29 is 28.5 Å². The van der Waals surface area contributed by atoms with Crippen LogP contribution >= 0.6 is 0 Å². The maximum absolute atomic E-state index is 13.7. The molecule has 0 aromatic heterocycles. The third-order valence-electron chi connectivity index (χ3n) is 6.30. The number of Topliss-reactive ketones (excluding diaryl/α,β-unsaturated/α-hetero) is 1. The predicted molar refractivity (Wildman–Crippen MR) is 139 cm³/mol. The van der Waals surface area contributed by atoms with Crippen molar-refractivity contribution in [2.75, 3.05) is 33.0 Å². The molecule has 1 aliphatic heterocycles. The minimum absolute atomic E-state index is 0.0817. The van der Waals surface area contributed by atoms with Crippen LogP contribution in [0.3, 0.4) is 0 Å². The van der Waals surface area contributed by atoms with Crippen LogP contribution in [-0.2, 0) is 23.7 Å². The maximum Gasteiger partial charge on any atom is 0.194 e. The molecule has 0 N–H and O–H groups in total. The van der Waals surface area contributed by atoms with Crippen LogP contribution in [0.2, 0.25) is 0 Å². The Balaban J connectivity index is 2.35. The van der Waals surface area contributed by atoms with Gasteiger partial charge >= 0.3 is 0 Å². The number of ketones is 1. The third kappa shape index (κ3) is 9.93. The van der Waals surface area contributed by atoms with E-state index in [2.05, 4.69) is 27.7 Å². The predicted octanol–water partition coefficient (Wildman–Crippen LogP) is 6.01. The highest BCUT2D eigenvalue weighted by molar-refractivity contribution is 6.00. The van der Waals surface area contributed by atoms with E-state index < -0.39 is 24.4 Å². The molecule has 1 saturated heterocycles. The molecule has 6 nitrogen and oxygen atoms in total. The summed E-state index contributed by atoms with van der Waals surface area (Å²) in [7, 11) is 0. The molecule has 1 aliphatic rings. The van der Waals surface area contributed by atoms with Crippen LogP contribution < -0.4 is 0 Å². The fraction of sp³-hybridized carbons (Fsp3) is 0.759. The average Bonchev–Trinajstić information content (AvgIpc) is 2.88. The van der Waals surface area contributed by atoms with Gasteiger partial charge in [0.25, 0.3) is 0 Å². The van der Waals surface area contributed by atoms with E-state index in [-0.39, 0.29) is 11.9 Å². The molecule has 0 spiro atoms. The van der Waals surface area contributed by atoms with Crippen molar-refractivity contribution in [3.63, 3.8) is 0 Å². The third-order valence-corrected chi connectivity index (χ3v) is 6.30. The molecule has 1 aromatic rings. The Morgan fingerprint density at radius 2 is 1.23 bits per heavy atom. The fourth-order valence-corrected chi connectivity index (χ4v) is 4.14. The Hall–Kier alpha value is -1.31. The number of carbonyl (C=O) groups excluding carboxylic acids is 1. The van der Waals surface area contributed by atoms with E-state index in [1.165, 1.54) is 0 Å². The Kier molecular flexibility index (Phi) is 15.4. The SMILES string of the molecule is CCCCOC[C@H]1O[C@@H](C(=O)c2ccccc2)[C@H](OCCCC)[C@@H](OCCCC)[C@@H]1OCCCC. The van der Waals surface area contributed by atoms with Crippen LogP contribution in [0.15, 0.2) is 30.3 Å². The monoisotopic (exact) mass is 492 g/mol. The lowest BCUT2D eigenvalue weighted by Crippen LogP contribution is -2.63. The van der Waals surface area contributed by atoms with E-state index in [1.807, 2.05) is 30.3 Å². The zero-order valence-corrected chi connectivity index (χ0v) is 22.4. The molecule has 0 amide bonds. The van der Waals surface area contributed by atoms with E-state index in [1.54, 1.807) is 0 Å². The molecule has 0 unspecified atom stereocenters. The van der Waals surface area contributed by atoms with Gasteiger partial charge in [0.05, 0.1) is 6.61 Å². The minimum Gasteiger partial charge on any atom is -0.379 e. The molecule has 1 heterocycles. The average molecular weight is 493 g/mol. The normalized spacial score (nSPS) is 24.5. The van der Waals surface area contributed by atoms with Crippen LogP contribution in [0.5, 0.6) is 0 Å². The second kappa shape index (κ2) is 18.0. The Bertz CT molecular complexity index is 666. The number of unbranched alkanes of at least 4 members (excludes halogenated alkanes) is 4. The molecular weight excluding hydrogens is 444 g/mol. The highest BCUT2D eigenvalue weighted by Crippen LogP contribution is 2.31. The van der Waals surface area contributed by atoms with Crippen molar-refractivity contribution >= 4 is 5.78 Å². The molecule has 5 atom stereocenters. The van der Waals surface area contributed by atoms with Crippen molar-refractivity contribution in [2.24, 2.45) is 0 Å². The standard InChI is InChI=1S/C29H48O6/c1-5-9-18-31-22-24-26(32-19-10-6-2)28(33-20-11-7-3)29(34-21-12-8-4)27(35-24)25(30)23-16-14-13-15-17-23/h13-17,24,26-29H,5-12,18-22H2,1-4H3/t24-,26-,27+,28+,29+/m1/s1. The highest BCUT2D eigenvalue weighted by atomic mass is 16.6. The Morgan fingerprint density at radius 1 is 0.714 bits per heavy atom. The van der Waals surface area contributed by atoms with Crippen molar-refractivity contribution in [2.45, 2.75) is 110 Å². The zero-order chi connectivity index (χ0) is 25.3. The maximum atomic E-state index is 13.7. The van der Waals surface area contributed by atoms with Gasteiger partial charge in [-0.25, -0.2) is 0 Å². The smallest absolute Gasteiger partial charge is 0.194 e. The molecule has 0 aliphatic carbocycles. The van der Waals surface area contributed by atoms with E-state index in [0.717, 1.165) is 51.4 Å². The summed E-state index contributed by atoms with van der Waals surface area (Å²) in [4.78, 5) is 13.7. The first kappa shape index (κ1) is 29.9. The number of hydrogen-bond acceptors (Lipinski definition) is 6. The molecule has 35 heavy (non-hydrogen) atoms. The topological polar surface area (TPSA) is 63.2 Å². The van der Waals surface area contributed by atoms with Crippen LogP contribution in [0.4, 0.5) is 0 Å². The minimum atomic E-state index is -0.772. The van der Waals surface area contributed by atoms with Gasteiger partial charge in [-0.05, 0) is 25.7 Å². The molecule has 6 heteroatoms. The van der Waals surface area contributed by atoms with Crippen LogP contribution in [0, 0.1) is 0 Å². The van der Waals surface area contributed by atoms with Gasteiger partial charge in [-0.3, -0.25) is 4.79 Å². The summed E-state index contributed by atoms with van der Waals surface area (Å²) in [6.07, 6.45) is 5.47. The van der Waals surface area contributed by atoms with E-state index in [9.17, 15) is 4.79 Å². The summed E-state index contributed by atoms with van der Waals surface area (Å²) >= 11 is 0. The Labute approximate surface area is 213 Å². The summed E-state index contributed by atoms with van der Waals surface area (Å²) in [6.45, 7) is 11.3. The van der Waals surface area contributed by atoms with Crippen molar-refractivity contribution in [1.29, 1.82) is 0 Å². The van der Waals surface area contributed by atoms with Crippen molar-refractivity contribution in [1.82, 2.24) is 0 Å². The first-order valence-corrected chi connectivity index (χ1v) is 13.8. The van der Waals surface area contributed by atoms with E-state index >= 15 is 0 Å². The van der Waals surface area contributed by atoms with Crippen LogP contribution in [0.25, 0.3) is 0 Å². The van der Waals surface area contributed by atoms with Gasteiger partial charge in [0.1, 0.15) is 30.5 Å². The van der Waals surface area contributed by atoms with Gasteiger partial charge < -0.3 is 23.7 Å². The summed E-state index contributed by atoms with van der Waals surface area (Å²) in [5.41, 5.74) is 0.616. The number of ether oxygens (including phenoxy) is 5. The first-order chi connectivity index (χ1) is 17.2. The van der Waals surface area contributed by atoms with Gasteiger partial charge in [0, 0.05) is 32.0 Å². The molecule has 0 radical (unpaired) electrons. The lowest BCUT2D eigenvalue weighted by Gasteiger charge is -2.45. The van der Waals surface area contributed by atoms with Crippen LogP contribution in [0.1, 0.15) is 89.4 Å². The van der Waals surface area contributed by atoms with E-state index in [4.69, 9.17) is 23.7 Å². The molecule has 1 aromatic carbocycles. The van der Waals surface area contributed by atoms with Crippen LogP contribution in [-0.4, -0.2) is 69.3 Å². The highest BCUT2D eigenvalue weighted by Gasteiger charge is 2.50. The summed E-state index contributed by atoms with van der Waals surface area (Å²) < 4.78 is 31.7. The zero-order valence-electron chi connectivity index (χ0n) is 22.4. The quantitative estimate of drug-likeness (QED) is 0.174. The lowest BCUT2D eigenvalue weighted by atomic mass is 9.90. The summed E-state index contributed by atoms with van der Waals surface area (Å²) in [6, 6.07) is 9.32. The first-order valence-electron chi connectivity index (χ1n) is 13.8. The molecular formula is C29H48O6. The largest absolute Gasteiger partial charge is 0.379 e. The lowest BCUT2D eigenvalue weighted by molar-refractivity contribution is -0.254. The molecule has 2 rings (SSSR count). The number of carbonyl (C=O) groups is 1. The number of benzene rings is 1.